The lowest BCUT2D eigenvalue weighted by molar-refractivity contribution is -0.135. The number of carboxylic acids is 2. The lowest BCUT2D eigenvalue weighted by Gasteiger charge is -1.99. The third-order valence-corrected chi connectivity index (χ3v) is 1.78. The Hall–Kier alpha value is -2.10. The molecule has 0 radical (unpaired) electrons. The minimum atomic E-state index is -1.02. The highest BCUT2D eigenvalue weighted by molar-refractivity contribution is 5.92. The zero-order chi connectivity index (χ0) is 11.3. The van der Waals surface area contributed by atoms with Crippen LogP contribution in [0.2, 0.25) is 0 Å². The van der Waals surface area contributed by atoms with Crippen molar-refractivity contribution < 1.29 is 19.8 Å². The maximum Gasteiger partial charge on any atom is 0.336 e. The first-order valence-electron chi connectivity index (χ1n) is 4.32. The van der Waals surface area contributed by atoms with Gasteiger partial charge in [0, 0.05) is 0 Å². The summed E-state index contributed by atoms with van der Waals surface area (Å²) in [4.78, 5) is 21.0. The van der Waals surface area contributed by atoms with E-state index in [1.807, 2.05) is 0 Å². The Bertz CT molecular complexity index is 407. The molecule has 1 aromatic rings. The first kappa shape index (κ1) is 11.0. The Labute approximate surface area is 86.5 Å². The number of rotatable bonds is 4. The highest BCUT2D eigenvalue weighted by Crippen LogP contribution is 2.10. The standard InChI is InChI=1S/C11H10O4/c12-10(13)7-3-5-8-4-1-2-6-9(8)11(14)15/h1-6H,7H2,(H,12,13)(H,14,15). The minimum Gasteiger partial charge on any atom is -0.481 e. The van der Waals surface area contributed by atoms with Crippen molar-refractivity contribution in [1.29, 1.82) is 0 Å². The number of benzene rings is 1. The number of aliphatic carboxylic acids is 1. The Balaban J connectivity index is 2.89. The monoisotopic (exact) mass is 206 g/mol. The molecular formula is C11H10O4. The number of aromatic carboxylic acids is 1. The smallest absolute Gasteiger partial charge is 0.336 e. The molecule has 78 valence electrons. The Kier molecular flexibility index (Phi) is 3.62. The van der Waals surface area contributed by atoms with E-state index in [-0.39, 0.29) is 12.0 Å². The van der Waals surface area contributed by atoms with Gasteiger partial charge in [0.15, 0.2) is 0 Å². The summed E-state index contributed by atoms with van der Waals surface area (Å²) >= 11 is 0. The SMILES string of the molecule is O=C(O)CC=Cc1ccccc1C(=O)O. The summed E-state index contributed by atoms with van der Waals surface area (Å²) in [6.45, 7) is 0. The largest absolute Gasteiger partial charge is 0.481 e. The lowest BCUT2D eigenvalue weighted by Crippen LogP contribution is -1.98. The lowest BCUT2D eigenvalue weighted by atomic mass is 10.1. The van der Waals surface area contributed by atoms with Crippen LogP contribution < -0.4 is 0 Å². The van der Waals surface area contributed by atoms with Crippen LogP contribution in [0.5, 0.6) is 0 Å². The molecule has 0 bridgehead atoms. The Morgan fingerprint density at radius 1 is 1.20 bits per heavy atom. The Morgan fingerprint density at radius 3 is 2.47 bits per heavy atom. The van der Waals surface area contributed by atoms with Gasteiger partial charge in [-0.1, -0.05) is 30.4 Å². The molecule has 0 amide bonds. The van der Waals surface area contributed by atoms with Crippen LogP contribution in [0, 0.1) is 0 Å². The number of hydrogen-bond donors (Lipinski definition) is 2. The second kappa shape index (κ2) is 4.95. The fraction of sp³-hybridized carbons (Fsp3) is 0.0909. The molecule has 0 aliphatic carbocycles. The maximum atomic E-state index is 10.8. The third kappa shape index (κ3) is 3.27. The van der Waals surface area contributed by atoms with Crippen LogP contribution in [0.4, 0.5) is 0 Å². The van der Waals surface area contributed by atoms with Gasteiger partial charge in [0.1, 0.15) is 0 Å². The van der Waals surface area contributed by atoms with E-state index >= 15 is 0 Å². The van der Waals surface area contributed by atoms with Crippen molar-refractivity contribution in [1.82, 2.24) is 0 Å². The minimum absolute atomic E-state index is 0.117. The first-order valence-corrected chi connectivity index (χ1v) is 4.32. The summed E-state index contributed by atoms with van der Waals surface area (Å²) in [5.74, 6) is -1.97. The molecule has 1 rings (SSSR count). The molecule has 1 aromatic carbocycles. The molecule has 0 fully saturated rings. The van der Waals surface area contributed by atoms with Crippen molar-refractivity contribution in [2.24, 2.45) is 0 Å². The maximum absolute atomic E-state index is 10.8. The van der Waals surface area contributed by atoms with E-state index in [2.05, 4.69) is 0 Å². The van der Waals surface area contributed by atoms with Gasteiger partial charge in [-0.15, -0.1) is 0 Å². The highest BCUT2D eigenvalue weighted by atomic mass is 16.4. The molecule has 0 atom stereocenters. The number of hydrogen-bond acceptors (Lipinski definition) is 2. The second-order valence-electron chi connectivity index (χ2n) is 2.89. The molecule has 0 saturated carbocycles. The van der Waals surface area contributed by atoms with Gasteiger partial charge in [0.05, 0.1) is 12.0 Å². The molecule has 0 aliphatic rings. The first-order chi connectivity index (χ1) is 7.11. The predicted molar refractivity (Wildman–Crippen MR) is 54.7 cm³/mol. The van der Waals surface area contributed by atoms with Gasteiger partial charge in [-0.3, -0.25) is 4.79 Å². The molecule has 4 heteroatoms. The van der Waals surface area contributed by atoms with E-state index in [1.165, 1.54) is 18.2 Å². The van der Waals surface area contributed by atoms with Crippen LogP contribution in [0.3, 0.4) is 0 Å². The molecule has 0 saturated heterocycles. The number of carbonyl (C=O) groups is 2. The van der Waals surface area contributed by atoms with Gasteiger partial charge in [-0.05, 0) is 11.6 Å². The van der Waals surface area contributed by atoms with Crippen LogP contribution in [-0.4, -0.2) is 22.2 Å². The molecule has 0 aromatic heterocycles. The van der Waals surface area contributed by atoms with Crippen molar-refractivity contribution in [3.05, 3.63) is 41.5 Å². The van der Waals surface area contributed by atoms with Gasteiger partial charge >= 0.3 is 11.9 Å². The molecule has 4 nitrogen and oxygen atoms in total. The van der Waals surface area contributed by atoms with E-state index in [0.717, 1.165) is 0 Å². The summed E-state index contributed by atoms with van der Waals surface area (Å²) < 4.78 is 0. The highest BCUT2D eigenvalue weighted by Gasteiger charge is 2.05. The predicted octanol–water partition coefficient (Wildman–Crippen LogP) is 1.87. The van der Waals surface area contributed by atoms with Gasteiger partial charge < -0.3 is 10.2 Å². The van der Waals surface area contributed by atoms with Crippen LogP contribution >= 0.6 is 0 Å². The van der Waals surface area contributed by atoms with Crippen LogP contribution in [0.1, 0.15) is 22.3 Å². The quantitative estimate of drug-likeness (QED) is 0.788. The van der Waals surface area contributed by atoms with E-state index in [9.17, 15) is 9.59 Å². The number of carboxylic acid groups (broad SMARTS) is 2. The van der Waals surface area contributed by atoms with Crippen molar-refractivity contribution in [3.63, 3.8) is 0 Å². The fourth-order valence-corrected chi connectivity index (χ4v) is 1.12. The van der Waals surface area contributed by atoms with Crippen LogP contribution in [-0.2, 0) is 4.79 Å². The van der Waals surface area contributed by atoms with E-state index in [1.54, 1.807) is 18.2 Å². The second-order valence-corrected chi connectivity index (χ2v) is 2.89. The van der Waals surface area contributed by atoms with E-state index in [0.29, 0.717) is 5.56 Å². The molecule has 0 spiro atoms. The third-order valence-electron chi connectivity index (χ3n) is 1.78. The zero-order valence-corrected chi connectivity index (χ0v) is 7.88. The average molecular weight is 206 g/mol. The molecular weight excluding hydrogens is 196 g/mol. The van der Waals surface area contributed by atoms with Crippen LogP contribution in [0.15, 0.2) is 30.3 Å². The van der Waals surface area contributed by atoms with Crippen molar-refractivity contribution in [3.8, 4) is 0 Å². The summed E-state index contributed by atoms with van der Waals surface area (Å²) in [5, 5.41) is 17.2. The average Bonchev–Trinajstić information content (AvgIpc) is 2.17. The van der Waals surface area contributed by atoms with E-state index < -0.39 is 11.9 Å². The molecule has 0 heterocycles. The normalized spacial score (nSPS) is 10.4. The van der Waals surface area contributed by atoms with Gasteiger partial charge in [0.25, 0.3) is 0 Å². The molecule has 0 aliphatic heterocycles. The zero-order valence-electron chi connectivity index (χ0n) is 7.88. The van der Waals surface area contributed by atoms with Crippen molar-refractivity contribution in [2.45, 2.75) is 6.42 Å². The van der Waals surface area contributed by atoms with Gasteiger partial charge in [0.2, 0.25) is 0 Å². The van der Waals surface area contributed by atoms with Crippen molar-refractivity contribution >= 4 is 18.0 Å². The fourth-order valence-electron chi connectivity index (χ4n) is 1.12. The summed E-state index contributed by atoms with van der Waals surface area (Å²) in [5.41, 5.74) is 0.672. The summed E-state index contributed by atoms with van der Waals surface area (Å²) in [6.07, 6.45) is 2.80. The van der Waals surface area contributed by atoms with Gasteiger partial charge in [-0.25, -0.2) is 4.79 Å². The van der Waals surface area contributed by atoms with Crippen molar-refractivity contribution in [2.75, 3.05) is 0 Å². The molecule has 15 heavy (non-hydrogen) atoms. The topological polar surface area (TPSA) is 74.6 Å². The molecule has 2 N–H and O–H groups in total. The van der Waals surface area contributed by atoms with Gasteiger partial charge in [-0.2, -0.15) is 0 Å². The van der Waals surface area contributed by atoms with E-state index in [4.69, 9.17) is 10.2 Å². The summed E-state index contributed by atoms with van der Waals surface area (Å²) in [7, 11) is 0. The Morgan fingerprint density at radius 2 is 1.87 bits per heavy atom. The van der Waals surface area contributed by atoms with Crippen LogP contribution in [0.25, 0.3) is 6.08 Å². The summed E-state index contributed by atoms with van der Waals surface area (Å²) in [6, 6.07) is 6.43. The molecule has 0 unspecified atom stereocenters.